The van der Waals surface area contributed by atoms with E-state index < -0.39 is 34.7 Å². The maximum Gasteiger partial charge on any atom is 0.336 e. The lowest BCUT2D eigenvalue weighted by Crippen LogP contribution is -2.51. The van der Waals surface area contributed by atoms with Gasteiger partial charge in [0.2, 0.25) is 17.9 Å². The fraction of sp³-hybridized carbons (Fsp3) is 0.231. The highest BCUT2D eigenvalue weighted by Crippen LogP contribution is 2.19. The number of nitro groups is 1. The predicted octanol–water partition coefficient (Wildman–Crippen LogP) is 0.135. The van der Waals surface area contributed by atoms with Gasteiger partial charge in [-0.1, -0.05) is 0 Å². The van der Waals surface area contributed by atoms with Crippen molar-refractivity contribution in [3.8, 4) is 0 Å². The van der Waals surface area contributed by atoms with Crippen molar-refractivity contribution in [2.45, 2.75) is 18.9 Å². The molecule has 0 radical (unpaired) electrons. The molecule has 1 atom stereocenters. The highest BCUT2D eigenvalue weighted by Gasteiger charge is 2.43. The van der Waals surface area contributed by atoms with Gasteiger partial charge in [0, 0.05) is 30.7 Å². The zero-order valence-electron chi connectivity index (χ0n) is 11.6. The third kappa shape index (κ3) is 3.31. The lowest BCUT2D eigenvalue weighted by atomic mass is 10.2. The lowest BCUT2D eigenvalue weighted by molar-refractivity contribution is -0.384. The molecular weight excluding hydrogens is 310 g/mol. The zero-order valence-corrected chi connectivity index (χ0v) is 11.6. The number of non-ortho nitro benzene ring substituents is 1. The van der Waals surface area contributed by atoms with Crippen molar-refractivity contribution in [2.24, 2.45) is 0 Å². The Balaban J connectivity index is 2.18. The van der Waals surface area contributed by atoms with Gasteiger partial charge in [0.1, 0.15) is 0 Å². The second-order valence-electron chi connectivity index (χ2n) is 4.69. The first-order chi connectivity index (χ1) is 10.8. The Morgan fingerprint density at radius 3 is 2.13 bits per heavy atom. The molecule has 0 saturated carbocycles. The van der Waals surface area contributed by atoms with Gasteiger partial charge in [-0.3, -0.25) is 29.4 Å². The number of amides is 3. The minimum atomic E-state index is -1.98. The van der Waals surface area contributed by atoms with Gasteiger partial charge >= 0.3 is 5.97 Å². The summed E-state index contributed by atoms with van der Waals surface area (Å²) in [6.07, 6.45) is -0.291. The molecule has 1 aliphatic heterocycles. The van der Waals surface area contributed by atoms with Gasteiger partial charge < -0.3 is 10.4 Å². The largest absolute Gasteiger partial charge is 0.479 e. The first-order valence-electron chi connectivity index (χ1n) is 6.44. The number of nitrogens with zero attached hydrogens (tertiary/aromatic N) is 2. The van der Waals surface area contributed by atoms with Crippen LogP contribution in [0.1, 0.15) is 12.8 Å². The quantitative estimate of drug-likeness (QED) is 0.339. The SMILES string of the molecule is O=C(O)[C@H](C(=O)Nc1ccc([N+](=O)[O-])cc1)N1C(=O)CCC1=O. The van der Waals surface area contributed by atoms with Gasteiger partial charge in [-0.05, 0) is 12.1 Å². The first-order valence-corrected chi connectivity index (χ1v) is 6.44. The Hall–Kier alpha value is -3.30. The molecular formula is C13H11N3O7. The van der Waals surface area contributed by atoms with E-state index in [9.17, 15) is 29.3 Å². The monoisotopic (exact) mass is 321 g/mol. The molecule has 23 heavy (non-hydrogen) atoms. The van der Waals surface area contributed by atoms with Crippen LogP contribution in [0.15, 0.2) is 24.3 Å². The number of carboxylic acid groups (broad SMARTS) is 1. The van der Waals surface area contributed by atoms with Gasteiger partial charge in [0.15, 0.2) is 0 Å². The van der Waals surface area contributed by atoms with Gasteiger partial charge in [0.05, 0.1) is 4.92 Å². The van der Waals surface area contributed by atoms with E-state index in [1.165, 1.54) is 12.1 Å². The van der Waals surface area contributed by atoms with E-state index in [0.717, 1.165) is 12.1 Å². The number of imide groups is 1. The Bertz CT molecular complexity index is 682. The number of hydrogen-bond donors (Lipinski definition) is 2. The van der Waals surface area contributed by atoms with Gasteiger partial charge in [0.25, 0.3) is 11.6 Å². The maximum absolute atomic E-state index is 12.1. The zero-order chi connectivity index (χ0) is 17.1. The van der Waals surface area contributed by atoms with E-state index >= 15 is 0 Å². The highest BCUT2D eigenvalue weighted by molar-refractivity contribution is 6.15. The van der Waals surface area contributed by atoms with Gasteiger partial charge in [-0.15, -0.1) is 0 Å². The third-order valence-corrected chi connectivity index (χ3v) is 3.18. The normalized spacial score (nSPS) is 15.4. The number of carbonyl (C=O) groups is 4. The summed E-state index contributed by atoms with van der Waals surface area (Å²) in [5.74, 6) is -4.20. The summed E-state index contributed by atoms with van der Waals surface area (Å²) in [5.41, 5.74) is -0.103. The number of likely N-dealkylation sites (tertiary alicyclic amines) is 1. The van der Waals surface area contributed by atoms with Crippen molar-refractivity contribution in [2.75, 3.05) is 5.32 Å². The Morgan fingerprint density at radius 2 is 1.70 bits per heavy atom. The second-order valence-corrected chi connectivity index (χ2v) is 4.69. The van der Waals surface area contributed by atoms with E-state index in [-0.39, 0.29) is 24.2 Å². The van der Waals surface area contributed by atoms with Crippen molar-refractivity contribution >= 4 is 35.1 Å². The first kappa shape index (κ1) is 16.1. The van der Waals surface area contributed by atoms with E-state index in [4.69, 9.17) is 5.11 Å². The third-order valence-electron chi connectivity index (χ3n) is 3.18. The Kier molecular flexibility index (Phi) is 4.35. The average Bonchev–Trinajstić information content (AvgIpc) is 2.80. The molecule has 10 heteroatoms. The predicted molar refractivity (Wildman–Crippen MR) is 74.2 cm³/mol. The van der Waals surface area contributed by atoms with Crippen molar-refractivity contribution < 1.29 is 29.2 Å². The number of rotatable bonds is 5. The summed E-state index contributed by atoms with van der Waals surface area (Å²) in [7, 11) is 0. The molecule has 1 aromatic carbocycles. The van der Waals surface area contributed by atoms with Crippen molar-refractivity contribution in [1.29, 1.82) is 0 Å². The Labute approximate surface area is 128 Å². The number of nitrogens with one attached hydrogen (secondary N) is 1. The van der Waals surface area contributed by atoms with Crippen molar-refractivity contribution in [1.82, 2.24) is 4.90 Å². The highest BCUT2D eigenvalue weighted by atomic mass is 16.6. The number of carbonyl (C=O) groups excluding carboxylic acids is 3. The molecule has 1 fully saturated rings. The molecule has 0 bridgehead atoms. The number of benzene rings is 1. The molecule has 3 amide bonds. The van der Waals surface area contributed by atoms with Crippen LogP contribution in [0.2, 0.25) is 0 Å². The van der Waals surface area contributed by atoms with Gasteiger partial charge in [-0.25, -0.2) is 4.79 Å². The molecule has 1 aromatic rings. The van der Waals surface area contributed by atoms with Crippen LogP contribution >= 0.6 is 0 Å². The Morgan fingerprint density at radius 1 is 1.17 bits per heavy atom. The van der Waals surface area contributed by atoms with Crippen LogP contribution < -0.4 is 5.32 Å². The number of hydrogen-bond acceptors (Lipinski definition) is 6. The van der Waals surface area contributed by atoms with Crippen LogP contribution in [-0.2, 0) is 19.2 Å². The molecule has 1 saturated heterocycles. The smallest absolute Gasteiger partial charge is 0.336 e. The summed E-state index contributed by atoms with van der Waals surface area (Å²) in [6, 6.07) is 2.69. The molecule has 2 N–H and O–H groups in total. The van der Waals surface area contributed by atoms with Crippen molar-refractivity contribution in [3.05, 3.63) is 34.4 Å². The number of carboxylic acids is 1. The summed E-state index contributed by atoms with van der Waals surface area (Å²) in [4.78, 5) is 56.8. The minimum absolute atomic E-state index is 0.103. The topological polar surface area (TPSA) is 147 Å². The van der Waals surface area contributed by atoms with Crippen LogP contribution in [0.3, 0.4) is 0 Å². The molecule has 2 rings (SSSR count). The molecule has 1 heterocycles. The van der Waals surface area contributed by atoms with Gasteiger partial charge in [-0.2, -0.15) is 0 Å². The van der Waals surface area contributed by atoms with Crippen molar-refractivity contribution in [3.63, 3.8) is 0 Å². The molecule has 0 spiro atoms. The number of aliphatic carboxylic acids is 1. The van der Waals surface area contributed by atoms with Crippen LogP contribution in [0.4, 0.5) is 11.4 Å². The lowest BCUT2D eigenvalue weighted by Gasteiger charge is -2.21. The maximum atomic E-state index is 12.1. The van der Waals surface area contributed by atoms with Crippen LogP contribution in [0.25, 0.3) is 0 Å². The second kappa shape index (κ2) is 6.22. The fourth-order valence-electron chi connectivity index (χ4n) is 2.10. The van der Waals surface area contributed by atoms with E-state index in [1.807, 2.05) is 0 Å². The summed E-state index contributed by atoms with van der Waals surface area (Å²) < 4.78 is 0. The summed E-state index contributed by atoms with van der Waals surface area (Å²) >= 11 is 0. The standard InChI is InChI=1S/C13H11N3O7/c17-9-5-6-10(18)15(9)11(13(20)21)12(19)14-7-1-3-8(4-2-7)16(22)23/h1-4,11H,5-6H2,(H,14,19)(H,20,21)/t11-/m0/s1. The molecule has 0 aliphatic carbocycles. The molecule has 10 nitrogen and oxygen atoms in total. The minimum Gasteiger partial charge on any atom is -0.479 e. The van der Waals surface area contributed by atoms with E-state index in [1.54, 1.807) is 0 Å². The number of anilines is 1. The van der Waals surface area contributed by atoms with Crippen LogP contribution in [0, 0.1) is 10.1 Å². The van der Waals surface area contributed by atoms with Crippen LogP contribution in [0.5, 0.6) is 0 Å². The van der Waals surface area contributed by atoms with E-state index in [2.05, 4.69) is 5.32 Å². The molecule has 0 unspecified atom stereocenters. The summed E-state index contributed by atoms with van der Waals surface area (Å²) in [6.45, 7) is 0. The number of nitro benzene ring substituents is 1. The molecule has 120 valence electrons. The average molecular weight is 321 g/mol. The van der Waals surface area contributed by atoms with Crippen LogP contribution in [-0.4, -0.2) is 44.7 Å². The molecule has 1 aliphatic rings. The molecule has 0 aromatic heterocycles. The van der Waals surface area contributed by atoms with E-state index in [0.29, 0.717) is 4.90 Å². The fourth-order valence-corrected chi connectivity index (χ4v) is 2.10. The summed E-state index contributed by atoms with van der Waals surface area (Å²) in [5, 5.41) is 21.9.